The summed E-state index contributed by atoms with van der Waals surface area (Å²) in [6.07, 6.45) is 14.5. The van der Waals surface area contributed by atoms with Gasteiger partial charge in [-0.2, -0.15) is 0 Å². The van der Waals surface area contributed by atoms with Crippen LogP contribution in [0.4, 0.5) is 0 Å². The fourth-order valence-corrected chi connectivity index (χ4v) is 8.27. The van der Waals surface area contributed by atoms with E-state index in [1.807, 2.05) is 6.08 Å². The van der Waals surface area contributed by atoms with Crippen molar-refractivity contribution in [3.8, 4) is 0 Å². The molecule has 0 saturated heterocycles. The summed E-state index contributed by atoms with van der Waals surface area (Å²) in [5.74, 6) is 0.0382. The Balaban J connectivity index is 1.49. The second-order valence-corrected chi connectivity index (χ2v) is 11.7. The van der Waals surface area contributed by atoms with Crippen molar-refractivity contribution >= 4 is 17.5 Å². The largest absolute Gasteiger partial charge is 0.462 e. The second kappa shape index (κ2) is 6.77. The number of esters is 1. The molecule has 0 aromatic rings. The van der Waals surface area contributed by atoms with Gasteiger partial charge in [0, 0.05) is 18.3 Å². The smallest absolute Gasteiger partial charge is 0.314 e. The number of hydrogen-bond acceptors (Lipinski definition) is 4. The summed E-state index contributed by atoms with van der Waals surface area (Å²) in [4.78, 5) is 39.4. The van der Waals surface area contributed by atoms with Crippen molar-refractivity contribution in [2.75, 3.05) is 0 Å². The van der Waals surface area contributed by atoms with Crippen LogP contribution in [0, 0.1) is 22.2 Å². The predicted molar refractivity (Wildman–Crippen MR) is 121 cm³/mol. The maximum absolute atomic E-state index is 13.6. The van der Waals surface area contributed by atoms with Crippen molar-refractivity contribution in [3.63, 3.8) is 0 Å². The molecule has 4 nitrogen and oxygen atoms in total. The molecule has 0 amide bonds. The number of carbonyl (C=O) groups excluding carboxylic acids is 3. The van der Waals surface area contributed by atoms with Gasteiger partial charge in [-0.25, -0.2) is 0 Å². The first-order chi connectivity index (χ1) is 15.3. The van der Waals surface area contributed by atoms with Crippen LogP contribution in [-0.2, 0) is 19.1 Å². The minimum atomic E-state index is -0.417. The highest BCUT2D eigenvalue weighted by Crippen LogP contribution is 2.70. The van der Waals surface area contributed by atoms with Crippen molar-refractivity contribution in [3.05, 3.63) is 34.4 Å². The Bertz CT molecular complexity index is 1020. The van der Waals surface area contributed by atoms with Gasteiger partial charge in [0.1, 0.15) is 11.9 Å². The third kappa shape index (κ3) is 2.53. The highest BCUT2D eigenvalue weighted by atomic mass is 16.5. The summed E-state index contributed by atoms with van der Waals surface area (Å²) in [5, 5.41) is 0. The highest BCUT2D eigenvalue weighted by Gasteiger charge is 2.65. The van der Waals surface area contributed by atoms with Gasteiger partial charge in [0.25, 0.3) is 0 Å². The van der Waals surface area contributed by atoms with Crippen molar-refractivity contribution in [1.82, 2.24) is 0 Å². The molecule has 170 valence electrons. The summed E-state index contributed by atoms with van der Waals surface area (Å²) in [6.45, 7) is 4.55. The minimum absolute atomic E-state index is 0.0165. The number of fused-ring (bicyclic) bond motifs is 3. The Morgan fingerprint density at radius 1 is 1.03 bits per heavy atom. The van der Waals surface area contributed by atoms with Crippen LogP contribution in [-0.4, -0.2) is 23.6 Å². The normalized spacial score (nSPS) is 41.0. The Hall–Kier alpha value is -1.97. The zero-order valence-electron chi connectivity index (χ0n) is 19.4. The lowest BCUT2D eigenvalue weighted by molar-refractivity contribution is -0.153. The molecular weight excluding hydrogens is 400 g/mol. The first kappa shape index (κ1) is 20.6. The third-order valence-electron chi connectivity index (χ3n) is 10.2. The van der Waals surface area contributed by atoms with Gasteiger partial charge >= 0.3 is 5.97 Å². The first-order valence-corrected chi connectivity index (χ1v) is 12.7. The van der Waals surface area contributed by atoms with E-state index in [1.165, 1.54) is 5.57 Å². The predicted octanol–water partition coefficient (Wildman–Crippen LogP) is 5.56. The van der Waals surface area contributed by atoms with Crippen LogP contribution in [0.25, 0.3) is 0 Å². The van der Waals surface area contributed by atoms with Gasteiger partial charge in [-0.1, -0.05) is 31.1 Å². The van der Waals surface area contributed by atoms with E-state index in [4.69, 9.17) is 4.74 Å². The van der Waals surface area contributed by atoms with E-state index < -0.39 is 5.41 Å². The van der Waals surface area contributed by atoms with E-state index in [1.54, 1.807) is 0 Å². The number of allylic oxidation sites excluding steroid dienone is 5. The van der Waals surface area contributed by atoms with Gasteiger partial charge in [0.05, 0.1) is 11.3 Å². The molecule has 0 heterocycles. The Kier molecular flexibility index (Phi) is 4.37. The molecule has 6 rings (SSSR count). The van der Waals surface area contributed by atoms with Crippen molar-refractivity contribution < 1.29 is 19.1 Å². The van der Waals surface area contributed by atoms with Gasteiger partial charge in [-0.3, -0.25) is 14.4 Å². The highest BCUT2D eigenvalue weighted by molar-refractivity contribution is 5.96. The van der Waals surface area contributed by atoms with Crippen LogP contribution in [0.3, 0.4) is 0 Å². The summed E-state index contributed by atoms with van der Waals surface area (Å²) in [6, 6.07) is 0. The van der Waals surface area contributed by atoms with Crippen molar-refractivity contribution in [1.29, 1.82) is 0 Å². The van der Waals surface area contributed by atoms with E-state index in [9.17, 15) is 14.4 Å². The van der Waals surface area contributed by atoms with E-state index in [2.05, 4.69) is 19.9 Å². The Morgan fingerprint density at radius 2 is 1.81 bits per heavy atom. The molecule has 0 bridgehead atoms. The van der Waals surface area contributed by atoms with E-state index >= 15 is 0 Å². The van der Waals surface area contributed by atoms with Crippen LogP contribution in [0.5, 0.6) is 0 Å². The average Bonchev–Trinajstić information content (AvgIpc) is 3.44. The number of hydrogen-bond donors (Lipinski definition) is 0. The van der Waals surface area contributed by atoms with E-state index in [-0.39, 0.29) is 34.6 Å². The quantitative estimate of drug-likeness (QED) is 0.534. The summed E-state index contributed by atoms with van der Waals surface area (Å²) in [5.41, 5.74) is 4.11. The van der Waals surface area contributed by atoms with Gasteiger partial charge in [-0.05, 0) is 86.8 Å². The number of ether oxygens (including phenoxy) is 1. The topological polar surface area (TPSA) is 60.4 Å². The molecule has 4 heteroatoms. The fraction of sp³-hybridized carbons (Fsp3) is 0.679. The van der Waals surface area contributed by atoms with Gasteiger partial charge in [-0.15, -0.1) is 0 Å². The maximum Gasteiger partial charge on any atom is 0.314 e. The third-order valence-corrected chi connectivity index (χ3v) is 10.2. The zero-order valence-corrected chi connectivity index (χ0v) is 19.4. The molecule has 6 aliphatic rings. The molecule has 0 radical (unpaired) electrons. The fourth-order valence-electron chi connectivity index (χ4n) is 8.27. The first-order valence-electron chi connectivity index (χ1n) is 12.7. The number of Topliss-reactive ketones (excluding diaryl/α,β-unsaturated/α-hetero) is 1. The number of rotatable bonds is 2. The minimum Gasteiger partial charge on any atom is -0.462 e. The summed E-state index contributed by atoms with van der Waals surface area (Å²) < 4.78 is 6.05. The van der Waals surface area contributed by atoms with Crippen LogP contribution in [0.1, 0.15) is 90.9 Å². The molecule has 6 aliphatic carbocycles. The molecule has 32 heavy (non-hydrogen) atoms. The van der Waals surface area contributed by atoms with Crippen LogP contribution in [0.2, 0.25) is 0 Å². The molecule has 2 fully saturated rings. The SMILES string of the molecule is CC12CCC(=O)C=C1CC(C(=O)OC1CCCC1)C1=C2CCC23C(=O)CC[C@]2(C)CC=C13. The van der Waals surface area contributed by atoms with E-state index in [0.29, 0.717) is 25.0 Å². The van der Waals surface area contributed by atoms with Crippen molar-refractivity contribution in [2.24, 2.45) is 22.2 Å². The van der Waals surface area contributed by atoms with Crippen LogP contribution >= 0.6 is 0 Å². The molecule has 0 aromatic heterocycles. The Morgan fingerprint density at radius 3 is 2.59 bits per heavy atom. The van der Waals surface area contributed by atoms with E-state index in [0.717, 1.165) is 74.5 Å². The summed E-state index contributed by atoms with van der Waals surface area (Å²) >= 11 is 0. The van der Waals surface area contributed by atoms with Crippen LogP contribution < -0.4 is 0 Å². The lowest BCUT2D eigenvalue weighted by Crippen LogP contribution is -2.47. The second-order valence-electron chi connectivity index (χ2n) is 11.7. The molecule has 0 aliphatic heterocycles. The summed E-state index contributed by atoms with van der Waals surface area (Å²) in [7, 11) is 0. The lowest BCUT2D eigenvalue weighted by Gasteiger charge is -2.52. The molecule has 3 unspecified atom stereocenters. The zero-order chi connectivity index (χ0) is 22.3. The number of ketones is 2. The van der Waals surface area contributed by atoms with Gasteiger partial charge in [0.2, 0.25) is 0 Å². The monoisotopic (exact) mass is 434 g/mol. The van der Waals surface area contributed by atoms with Crippen LogP contribution in [0.15, 0.2) is 34.4 Å². The van der Waals surface area contributed by atoms with Gasteiger partial charge in [0.15, 0.2) is 5.78 Å². The number of carbonyl (C=O) groups is 3. The standard InChI is InChI=1S/C28H34O4/c1-26-11-8-22-24-20(25(31)32-19-5-3-4-6-19)16-17-15-18(29)7-13-27(17,2)21(24)9-14-28(22,26)23(30)10-12-26/h8,15,19-20H,3-7,9-14,16H2,1-2H3/t20?,26-,27?,28?/m0/s1. The molecule has 2 saturated carbocycles. The molecule has 0 aromatic carbocycles. The Labute approximate surface area is 190 Å². The molecule has 1 spiro atoms. The maximum atomic E-state index is 13.6. The van der Waals surface area contributed by atoms with Crippen molar-refractivity contribution in [2.45, 2.75) is 97.0 Å². The average molecular weight is 435 g/mol. The molecule has 0 N–H and O–H groups in total. The lowest BCUT2D eigenvalue weighted by atomic mass is 9.50. The van der Waals surface area contributed by atoms with Gasteiger partial charge < -0.3 is 4.74 Å². The molecular formula is C28H34O4. The molecule has 4 atom stereocenters.